The molecule has 0 bridgehead atoms. The number of aromatic amines is 1. The molecule has 7 heteroatoms. The SMILES string of the molecule is CCOC(=O)c1c(C)nn2c(=O)c(-c3ccccc3Cl)c[nH]c12. The van der Waals surface area contributed by atoms with Crippen molar-refractivity contribution in [3.05, 3.63) is 57.1 Å². The fraction of sp³-hybridized carbons (Fsp3) is 0.188. The number of aromatic nitrogens is 3. The van der Waals surface area contributed by atoms with Crippen LogP contribution in [0, 0.1) is 6.92 Å². The number of fused-ring (bicyclic) bond motifs is 1. The lowest BCUT2D eigenvalue weighted by molar-refractivity contribution is 0.0527. The molecule has 1 aromatic carbocycles. The van der Waals surface area contributed by atoms with Crippen molar-refractivity contribution in [3.8, 4) is 11.1 Å². The van der Waals surface area contributed by atoms with Crippen LogP contribution in [0.15, 0.2) is 35.3 Å². The van der Waals surface area contributed by atoms with Gasteiger partial charge in [0.15, 0.2) is 5.65 Å². The van der Waals surface area contributed by atoms with Gasteiger partial charge >= 0.3 is 5.97 Å². The molecule has 1 N–H and O–H groups in total. The number of carbonyl (C=O) groups excluding carboxylic acids is 1. The number of hydrogen-bond donors (Lipinski definition) is 1. The fourth-order valence-electron chi connectivity index (χ4n) is 2.44. The zero-order chi connectivity index (χ0) is 16.6. The summed E-state index contributed by atoms with van der Waals surface area (Å²) in [5.74, 6) is -0.513. The highest BCUT2D eigenvalue weighted by atomic mass is 35.5. The van der Waals surface area contributed by atoms with E-state index in [1.807, 2.05) is 0 Å². The van der Waals surface area contributed by atoms with E-state index >= 15 is 0 Å². The maximum atomic E-state index is 12.7. The van der Waals surface area contributed by atoms with Gasteiger partial charge in [-0.2, -0.15) is 9.61 Å². The Morgan fingerprint density at radius 2 is 2.09 bits per heavy atom. The summed E-state index contributed by atoms with van der Waals surface area (Å²) >= 11 is 6.15. The Bertz CT molecular complexity index is 959. The van der Waals surface area contributed by atoms with Gasteiger partial charge in [-0.05, 0) is 19.9 Å². The lowest BCUT2D eigenvalue weighted by Gasteiger charge is -2.05. The third-order valence-corrected chi connectivity index (χ3v) is 3.81. The number of hydrogen-bond acceptors (Lipinski definition) is 4. The third-order valence-electron chi connectivity index (χ3n) is 3.48. The van der Waals surface area contributed by atoms with Gasteiger partial charge in [0.1, 0.15) is 5.56 Å². The van der Waals surface area contributed by atoms with Crippen LogP contribution in [-0.4, -0.2) is 27.2 Å². The quantitative estimate of drug-likeness (QED) is 0.749. The maximum absolute atomic E-state index is 12.7. The van der Waals surface area contributed by atoms with Crippen molar-refractivity contribution < 1.29 is 9.53 Å². The lowest BCUT2D eigenvalue weighted by Crippen LogP contribution is -2.17. The number of ether oxygens (including phenoxy) is 1. The molecule has 0 saturated heterocycles. The minimum atomic E-state index is -0.513. The average Bonchev–Trinajstić information content (AvgIpc) is 2.86. The molecular formula is C16H14ClN3O3. The van der Waals surface area contributed by atoms with E-state index < -0.39 is 5.97 Å². The van der Waals surface area contributed by atoms with Crippen LogP contribution in [-0.2, 0) is 4.74 Å². The van der Waals surface area contributed by atoms with Crippen molar-refractivity contribution in [3.63, 3.8) is 0 Å². The Kier molecular flexibility index (Phi) is 3.92. The van der Waals surface area contributed by atoms with Gasteiger partial charge in [0, 0.05) is 16.8 Å². The average molecular weight is 332 g/mol. The molecular weight excluding hydrogens is 318 g/mol. The first-order chi connectivity index (χ1) is 11.0. The van der Waals surface area contributed by atoms with Crippen LogP contribution in [0.2, 0.25) is 5.02 Å². The summed E-state index contributed by atoms with van der Waals surface area (Å²) < 4.78 is 6.18. The van der Waals surface area contributed by atoms with E-state index in [0.717, 1.165) is 0 Å². The largest absolute Gasteiger partial charge is 0.462 e. The van der Waals surface area contributed by atoms with Crippen LogP contribution >= 0.6 is 11.6 Å². The monoisotopic (exact) mass is 331 g/mol. The minimum absolute atomic E-state index is 0.248. The van der Waals surface area contributed by atoms with Gasteiger partial charge in [-0.25, -0.2) is 4.79 Å². The van der Waals surface area contributed by atoms with E-state index in [9.17, 15) is 9.59 Å². The van der Waals surface area contributed by atoms with Crippen LogP contribution in [0.1, 0.15) is 23.0 Å². The molecule has 0 amide bonds. The number of carbonyl (C=O) groups is 1. The van der Waals surface area contributed by atoms with Crippen molar-refractivity contribution in [1.82, 2.24) is 14.6 Å². The summed E-state index contributed by atoms with van der Waals surface area (Å²) in [6, 6.07) is 7.04. The summed E-state index contributed by atoms with van der Waals surface area (Å²) in [6.07, 6.45) is 1.53. The van der Waals surface area contributed by atoms with Crippen LogP contribution in [0.3, 0.4) is 0 Å². The second-order valence-electron chi connectivity index (χ2n) is 4.93. The predicted octanol–water partition coefficient (Wildman–Crippen LogP) is 2.83. The highest BCUT2D eigenvalue weighted by Gasteiger charge is 2.21. The summed E-state index contributed by atoms with van der Waals surface area (Å²) in [5.41, 5.74) is 1.61. The number of H-pyrrole nitrogens is 1. The molecule has 0 aliphatic carbocycles. The third kappa shape index (κ3) is 2.51. The number of nitrogens with one attached hydrogen (secondary N) is 1. The molecule has 2 aromatic heterocycles. The van der Waals surface area contributed by atoms with Crippen molar-refractivity contribution in [1.29, 1.82) is 0 Å². The Balaban J connectivity index is 2.25. The van der Waals surface area contributed by atoms with Gasteiger partial charge in [0.2, 0.25) is 0 Å². The number of benzene rings is 1. The van der Waals surface area contributed by atoms with E-state index in [-0.39, 0.29) is 17.7 Å². The number of rotatable bonds is 3. The Hall–Kier alpha value is -2.60. The Morgan fingerprint density at radius 3 is 2.78 bits per heavy atom. The van der Waals surface area contributed by atoms with Gasteiger partial charge in [-0.1, -0.05) is 29.8 Å². The molecule has 0 atom stereocenters. The van der Waals surface area contributed by atoms with Crippen molar-refractivity contribution in [2.45, 2.75) is 13.8 Å². The van der Waals surface area contributed by atoms with E-state index in [4.69, 9.17) is 16.3 Å². The minimum Gasteiger partial charge on any atom is -0.462 e. The highest BCUT2D eigenvalue weighted by Crippen LogP contribution is 2.25. The number of halogens is 1. The van der Waals surface area contributed by atoms with Gasteiger partial charge in [-0.3, -0.25) is 4.79 Å². The molecule has 0 spiro atoms. The highest BCUT2D eigenvalue weighted by molar-refractivity contribution is 6.33. The molecule has 0 aliphatic rings. The molecule has 0 aliphatic heterocycles. The molecule has 0 unspecified atom stereocenters. The molecule has 0 radical (unpaired) electrons. The first kappa shape index (κ1) is 15.3. The normalized spacial score (nSPS) is 10.9. The zero-order valence-electron chi connectivity index (χ0n) is 12.6. The fourth-order valence-corrected chi connectivity index (χ4v) is 2.68. The van der Waals surface area contributed by atoms with Crippen molar-refractivity contribution in [2.24, 2.45) is 0 Å². The Labute approximate surface area is 136 Å². The predicted molar refractivity (Wildman–Crippen MR) is 87.0 cm³/mol. The number of esters is 1. The molecule has 3 aromatic rings. The summed E-state index contributed by atoms with van der Waals surface area (Å²) in [6.45, 7) is 3.62. The van der Waals surface area contributed by atoms with E-state index in [1.165, 1.54) is 10.7 Å². The maximum Gasteiger partial charge on any atom is 0.343 e. The van der Waals surface area contributed by atoms with E-state index in [2.05, 4.69) is 10.1 Å². The smallest absolute Gasteiger partial charge is 0.343 e. The molecule has 0 saturated carbocycles. The molecule has 6 nitrogen and oxygen atoms in total. The topological polar surface area (TPSA) is 76.5 Å². The first-order valence-corrected chi connectivity index (χ1v) is 7.45. The second kappa shape index (κ2) is 5.89. The summed E-state index contributed by atoms with van der Waals surface area (Å²) in [7, 11) is 0. The van der Waals surface area contributed by atoms with Gasteiger partial charge < -0.3 is 9.72 Å². The van der Waals surface area contributed by atoms with Crippen molar-refractivity contribution in [2.75, 3.05) is 6.61 Å². The molecule has 2 heterocycles. The number of nitrogens with zero attached hydrogens (tertiary/aromatic N) is 2. The van der Waals surface area contributed by atoms with Crippen LogP contribution in [0.4, 0.5) is 0 Å². The van der Waals surface area contributed by atoms with Gasteiger partial charge in [0.05, 0.1) is 17.9 Å². The van der Waals surface area contributed by atoms with Crippen molar-refractivity contribution >= 4 is 23.2 Å². The number of aryl methyl sites for hydroxylation is 1. The molecule has 118 valence electrons. The standard InChI is InChI=1S/C16H14ClN3O3/c1-3-23-16(22)13-9(2)19-20-14(13)18-8-11(15(20)21)10-6-4-5-7-12(10)17/h4-8,18H,3H2,1-2H3. The molecule has 3 rings (SSSR count). The van der Waals surface area contributed by atoms with Crippen LogP contribution < -0.4 is 5.56 Å². The van der Waals surface area contributed by atoms with E-state index in [1.54, 1.807) is 38.1 Å². The molecule has 0 fully saturated rings. The van der Waals surface area contributed by atoms with Crippen LogP contribution in [0.25, 0.3) is 16.8 Å². The summed E-state index contributed by atoms with van der Waals surface area (Å²) in [4.78, 5) is 27.7. The molecule has 23 heavy (non-hydrogen) atoms. The van der Waals surface area contributed by atoms with Gasteiger partial charge in [-0.15, -0.1) is 0 Å². The lowest BCUT2D eigenvalue weighted by atomic mass is 10.1. The Morgan fingerprint density at radius 1 is 1.35 bits per heavy atom. The zero-order valence-corrected chi connectivity index (χ0v) is 13.3. The first-order valence-electron chi connectivity index (χ1n) is 7.07. The van der Waals surface area contributed by atoms with E-state index in [0.29, 0.717) is 27.5 Å². The summed E-state index contributed by atoms with van der Waals surface area (Å²) in [5, 5.41) is 4.63. The van der Waals surface area contributed by atoms with Crippen LogP contribution in [0.5, 0.6) is 0 Å². The second-order valence-corrected chi connectivity index (χ2v) is 5.34. The van der Waals surface area contributed by atoms with Gasteiger partial charge in [0.25, 0.3) is 5.56 Å².